The molecule has 0 amide bonds. The van der Waals surface area contributed by atoms with Crippen LogP contribution < -0.4 is 0 Å². The molecule has 2 aromatic carbocycles. The molecule has 0 spiro atoms. The first kappa shape index (κ1) is 13.1. The number of halogens is 2. The molecule has 0 aliphatic rings. The van der Waals surface area contributed by atoms with Gasteiger partial charge < -0.3 is 5.11 Å². The largest absolute Gasteiger partial charge is 0.380 e. The molecule has 0 saturated carbocycles. The maximum absolute atomic E-state index is 13.3. The van der Waals surface area contributed by atoms with E-state index in [0.29, 0.717) is 22.6 Å². The second kappa shape index (κ2) is 5.09. The van der Waals surface area contributed by atoms with Gasteiger partial charge in [0.25, 0.3) is 0 Å². The van der Waals surface area contributed by atoms with Gasteiger partial charge in [0.05, 0.1) is 0 Å². The van der Waals surface area contributed by atoms with Crippen LogP contribution >= 0.6 is 11.6 Å². The van der Waals surface area contributed by atoms with E-state index < -0.39 is 5.60 Å². The van der Waals surface area contributed by atoms with Crippen molar-refractivity contribution in [2.24, 2.45) is 0 Å². The number of hydrogen-bond donors (Lipinski definition) is 1. The van der Waals surface area contributed by atoms with Crippen LogP contribution in [0.1, 0.15) is 24.5 Å². The van der Waals surface area contributed by atoms with E-state index in [-0.39, 0.29) is 5.82 Å². The quantitative estimate of drug-likeness (QED) is 0.884. The minimum Gasteiger partial charge on any atom is -0.380 e. The predicted molar refractivity (Wildman–Crippen MR) is 71.1 cm³/mol. The van der Waals surface area contributed by atoms with Gasteiger partial charge in [0, 0.05) is 5.02 Å². The van der Waals surface area contributed by atoms with Gasteiger partial charge in [-0.15, -0.1) is 0 Å². The fraction of sp³-hybridized carbons (Fsp3) is 0.200. The molecule has 0 aromatic heterocycles. The SMILES string of the molecule is CCC(O)(c1cccc(F)c1)c1cccc(Cl)c1. The van der Waals surface area contributed by atoms with E-state index in [1.54, 1.807) is 36.4 Å². The molecule has 0 saturated heterocycles. The monoisotopic (exact) mass is 264 g/mol. The molecule has 0 bridgehead atoms. The van der Waals surface area contributed by atoms with Crippen molar-refractivity contribution in [3.63, 3.8) is 0 Å². The van der Waals surface area contributed by atoms with E-state index in [2.05, 4.69) is 0 Å². The zero-order valence-electron chi connectivity index (χ0n) is 10.0. The molecule has 3 heteroatoms. The van der Waals surface area contributed by atoms with Crippen LogP contribution in [0, 0.1) is 5.82 Å². The van der Waals surface area contributed by atoms with E-state index in [1.807, 2.05) is 6.92 Å². The molecule has 2 rings (SSSR count). The average Bonchev–Trinajstić information content (AvgIpc) is 2.38. The summed E-state index contributed by atoms with van der Waals surface area (Å²) >= 11 is 5.94. The molecule has 1 nitrogen and oxygen atoms in total. The number of hydrogen-bond acceptors (Lipinski definition) is 1. The van der Waals surface area contributed by atoms with Gasteiger partial charge in [0.15, 0.2) is 0 Å². The lowest BCUT2D eigenvalue weighted by atomic mass is 9.84. The van der Waals surface area contributed by atoms with Crippen molar-refractivity contribution in [1.29, 1.82) is 0 Å². The fourth-order valence-electron chi connectivity index (χ4n) is 2.07. The lowest BCUT2D eigenvalue weighted by Gasteiger charge is -2.28. The summed E-state index contributed by atoms with van der Waals surface area (Å²) in [4.78, 5) is 0. The van der Waals surface area contributed by atoms with Crippen LogP contribution in [0.3, 0.4) is 0 Å². The number of aliphatic hydroxyl groups is 1. The predicted octanol–water partition coefficient (Wildman–Crippen LogP) is 4.13. The minimum absolute atomic E-state index is 0.360. The Morgan fingerprint density at radius 3 is 2.28 bits per heavy atom. The van der Waals surface area contributed by atoms with Gasteiger partial charge in [0.1, 0.15) is 11.4 Å². The molecule has 1 atom stereocenters. The topological polar surface area (TPSA) is 20.2 Å². The van der Waals surface area contributed by atoms with Crippen molar-refractivity contribution in [2.45, 2.75) is 18.9 Å². The van der Waals surface area contributed by atoms with Crippen molar-refractivity contribution in [3.05, 3.63) is 70.5 Å². The second-order valence-corrected chi connectivity index (χ2v) is 4.67. The summed E-state index contributed by atoms with van der Waals surface area (Å²) < 4.78 is 13.3. The zero-order valence-corrected chi connectivity index (χ0v) is 10.8. The molecule has 0 aliphatic carbocycles. The smallest absolute Gasteiger partial charge is 0.123 e. The molecule has 94 valence electrons. The Morgan fingerprint density at radius 1 is 1.11 bits per heavy atom. The summed E-state index contributed by atoms with van der Waals surface area (Å²) in [6.45, 7) is 1.85. The molecular weight excluding hydrogens is 251 g/mol. The summed E-state index contributed by atoms with van der Waals surface area (Å²) in [5, 5.41) is 11.3. The summed E-state index contributed by atoms with van der Waals surface area (Å²) in [6, 6.07) is 13.0. The summed E-state index contributed by atoms with van der Waals surface area (Å²) in [6.07, 6.45) is 0.441. The first-order valence-electron chi connectivity index (χ1n) is 5.80. The first-order valence-corrected chi connectivity index (χ1v) is 6.18. The van der Waals surface area contributed by atoms with Gasteiger partial charge in [-0.3, -0.25) is 0 Å². The Labute approximate surface area is 111 Å². The first-order chi connectivity index (χ1) is 8.56. The minimum atomic E-state index is -1.22. The van der Waals surface area contributed by atoms with Crippen molar-refractivity contribution in [1.82, 2.24) is 0 Å². The molecule has 0 heterocycles. The van der Waals surface area contributed by atoms with Crippen LogP contribution in [0.15, 0.2) is 48.5 Å². The lowest BCUT2D eigenvalue weighted by molar-refractivity contribution is 0.0762. The zero-order chi connectivity index (χ0) is 13.2. The Kier molecular flexibility index (Phi) is 3.69. The molecular formula is C15H14ClFO. The van der Waals surface area contributed by atoms with E-state index >= 15 is 0 Å². The summed E-state index contributed by atoms with van der Waals surface area (Å²) in [5.41, 5.74) is -0.0112. The summed E-state index contributed by atoms with van der Waals surface area (Å²) in [5.74, 6) is -0.360. The van der Waals surface area contributed by atoms with Gasteiger partial charge in [-0.25, -0.2) is 4.39 Å². The van der Waals surface area contributed by atoms with E-state index in [1.165, 1.54) is 12.1 Å². The Balaban J connectivity index is 2.54. The average molecular weight is 265 g/mol. The van der Waals surface area contributed by atoms with Gasteiger partial charge in [-0.2, -0.15) is 0 Å². The molecule has 2 aromatic rings. The Hall–Kier alpha value is -1.38. The normalized spacial score (nSPS) is 14.2. The molecule has 1 N–H and O–H groups in total. The number of benzene rings is 2. The second-order valence-electron chi connectivity index (χ2n) is 4.23. The van der Waals surface area contributed by atoms with Crippen molar-refractivity contribution < 1.29 is 9.50 Å². The third-order valence-corrected chi connectivity index (χ3v) is 3.35. The van der Waals surface area contributed by atoms with Gasteiger partial charge in [-0.1, -0.05) is 42.8 Å². The fourth-order valence-corrected chi connectivity index (χ4v) is 2.26. The van der Waals surface area contributed by atoms with Crippen LogP contribution in [0.25, 0.3) is 0 Å². The number of rotatable bonds is 3. The third kappa shape index (κ3) is 2.40. The molecule has 0 radical (unpaired) electrons. The standard InChI is InChI=1S/C15H14ClFO/c1-2-15(18,11-5-3-7-13(16)9-11)12-6-4-8-14(17)10-12/h3-10,18H,2H2,1H3. The highest BCUT2D eigenvalue weighted by molar-refractivity contribution is 6.30. The maximum Gasteiger partial charge on any atom is 0.123 e. The highest BCUT2D eigenvalue weighted by atomic mass is 35.5. The van der Waals surface area contributed by atoms with Gasteiger partial charge >= 0.3 is 0 Å². The van der Waals surface area contributed by atoms with Crippen molar-refractivity contribution in [2.75, 3.05) is 0 Å². The highest BCUT2D eigenvalue weighted by Crippen LogP contribution is 2.34. The summed E-state index contributed by atoms with van der Waals surface area (Å²) in [7, 11) is 0. The van der Waals surface area contributed by atoms with Crippen molar-refractivity contribution >= 4 is 11.6 Å². The van der Waals surface area contributed by atoms with E-state index in [4.69, 9.17) is 11.6 Å². The van der Waals surface area contributed by atoms with Crippen LogP contribution in [-0.2, 0) is 5.60 Å². The van der Waals surface area contributed by atoms with Gasteiger partial charge in [0.2, 0.25) is 0 Å². The van der Waals surface area contributed by atoms with Crippen LogP contribution in [0.2, 0.25) is 5.02 Å². The third-order valence-electron chi connectivity index (χ3n) is 3.12. The van der Waals surface area contributed by atoms with Crippen molar-refractivity contribution in [3.8, 4) is 0 Å². The highest BCUT2D eigenvalue weighted by Gasteiger charge is 2.29. The molecule has 0 aliphatic heterocycles. The Morgan fingerprint density at radius 2 is 1.72 bits per heavy atom. The maximum atomic E-state index is 13.3. The van der Waals surface area contributed by atoms with Crippen LogP contribution in [-0.4, -0.2) is 5.11 Å². The van der Waals surface area contributed by atoms with Crippen LogP contribution in [0.5, 0.6) is 0 Å². The lowest BCUT2D eigenvalue weighted by Crippen LogP contribution is -2.26. The van der Waals surface area contributed by atoms with E-state index in [0.717, 1.165) is 0 Å². The van der Waals surface area contributed by atoms with Gasteiger partial charge in [-0.05, 0) is 41.8 Å². The van der Waals surface area contributed by atoms with Crippen LogP contribution in [0.4, 0.5) is 4.39 Å². The van der Waals surface area contributed by atoms with E-state index in [9.17, 15) is 9.50 Å². The molecule has 18 heavy (non-hydrogen) atoms. The Bertz CT molecular complexity index is 508. The molecule has 1 unspecified atom stereocenters. The molecule has 0 fully saturated rings.